The summed E-state index contributed by atoms with van der Waals surface area (Å²) < 4.78 is 0. The molecule has 1 aliphatic rings. The average Bonchev–Trinajstić information content (AvgIpc) is 3.03. The highest BCUT2D eigenvalue weighted by Gasteiger charge is 2.38. The van der Waals surface area contributed by atoms with E-state index in [1.807, 2.05) is 88.4 Å². The maximum absolute atomic E-state index is 14.0. The number of likely N-dealkylation sites (N-methyl/N-ethyl adjacent to an activating group) is 1. The van der Waals surface area contributed by atoms with Crippen molar-refractivity contribution in [1.29, 1.82) is 0 Å². The van der Waals surface area contributed by atoms with Gasteiger partial charge in [-0.15, -0.1) is 0 Å². The molecular formula is C36H52N6O5. The predicted octanol–water partition coefficient (Wildman–Crippen LogP) is 2.08. The second-order valence-electron chi connectivity index (χ2n) is 13.2. The van der Waals surface area contributed by atoms with E-state index in [1.165, 1.54) is 4.90 Å². The lowest BCUT2D eigenvalue weighted by Crippen LogP contribution is -2.59. The van der Waals surface area contributed by atoms with E-state index in [-0.39, 0.29) is 24.7 Å². The fourth-order valence-corrected chi connectivity index (χ4v) is 5.95. The molecule has 11 nitrogen and oxygen atoms in total. The van der Waals surface area contributed by atoms with Crippen LogP contribution in [0.4, 0.5) is 0 Å². The van der Waals surface area contributed by atoms with Crippen molar-refractivity contribution in [2.24, 2.45) is 17.6 Å². The first-order chi connectivity index (χ1) is 22.4. The van der Waals surface area contributed by atoms with Crippen LogP contribution in [-0.2, 0) is 36.8 Å². The van der Waals surface area contributed by atoms with Crippen LogP contribution in [-0.4, -0.2) is 78.2 Å². The predicted molar refractivity (Wildman–Crippen MR) is 182 cm³/mol. The number of carbonyl (C=O) groups is 5. The van der Waals surface area contributed by atoms with Crippen LogP contribution < -0.4 is 27.0 Å². The molecule has 0 unspecified atom stereocenters. The van der Waals surface area contributed by atoms with Gasteiger partial charge >= 0.3 is 0 Å². The van der Waals surface area contributed by atoms with E-state index in [1.54, 1.807) is 7.05 Å². The lowest BCUT2D eigenvalue weighted by atomic mass is 9.97. The highest BCUT2D eigenvalue weighted by Crippen LogP contribution is 2.17. The number of hydrogen-bond donors (Lipinski definition) is 5. The minimum atomic E-state index is -1.05. The fraction of sp³-hybridized carbons (Fsp3) is 0.528. The van der Waals surface area contributed by atoms with Crippen molar-refractivity contribution in [3.63, 3.8) is 0 Å². The SMILES string of the molecule is CC(C)C[C@@H]1NC(=O)[C@H](C(C)C)N(C)C(=O)[C@@H](CCCCN)NC(=O)[C@@H](Cc2ccccc2)NC(=O)[C@H](Cc2ccccc2)NC1=O. The van der Waals surface area contributed by atoms with Crippen LogP contribution in [0.15, 0.2) is 60.7 Å². The van der Waals surface area contributed by atoms with Crippen molar-refractivity contribution in [1.82, 2.24) is 26.2 Å². The van der Waals surface area contributed by atoms with E-state index in [2.05, 4.69) is 21.3 Å². The zero-order chi connectivity index (χ0) is 34.5. The summed E-state index contributed by atoms with van der Waals surface area (Å²) in [6.45, 7) is 7.97. The summed E-state index contributed by atoms with van der Waals surface area (Å²) in [6, 6.07) is 13.6. The number of hydrogen-bond acceptors (Lipinski definition) is 6. The number of rotatable bonds is 11. The van der Waals surface area contributed by atoms with E-state index in [4.69, 9.17) is 5.73 Å². The zero-order valence-corrected chi connectivity index (χ0v) is 28.3. The second kappa shape index (κ2) is 18.2. The van der Waals surface area contributed by atoms with Gasteiger partial charge < -0.3 is 31.9 Å². The normalized spacial score (nSPS) is 23.4. The fourth-order valence-electron chi connectivity index (χ4n) is 5.95. The summed E-state index contributed by atoms with van der Waals surface area (Å²) in [5.74, 6) is -2.79. The molecule has 2 aromatic carbocycles. The van der Waals surface area contributed by atoms with Crippen molar-refractivity contribution in [3.05, 3.63) is 71.8 Å². The largest absolute Gasteiger partial charge is 0.343 e. The van der Waals surface area contributed by atoms with Crippen LogP contribution in [0.25, 0.3) is 0 Å². The van der Waals surface area contributed by atoms with Gasteiger partial charge in [0.1, 0.15) is 30.2 Å². The number of amides is 5. The van der Waals surface area contributed by atoms with E-state index in [0.717, 1.165) is 11.1 Å². The molecule has 0 aliphatic carbocycles. The number of carbonyl (C=O) groups excluding carboxylic acids is 5. The number of nitrogens with two attached hydrogens (primary N) is 1. The minimum Gasteiger partial charge on any atom is -0.343 e. The first-order valence-corrected chi connectivity index (χ1v) is 16.7. The third-order valence-corrected chi connectivity index (χ3v) is 8.40. The van der Waals surface area contributed by atoms with E-state index in [0.29, 0.717) is 32.2 Å². The number of nitrogens with zero attached hydrogens (tertiary/aromatic N) is 1. The zero-order valence-electron chi connectivity index (χ0n) is 28.3. The number of nitrogens with one attached hydrogen (secondary N) is 4. The Morgan fingerprint density at radius 1 is 0.638 bits per heavy atom. The van der Waals surface area contributed by atoms with Crippen molar-refractivity contribution >= 4 is 29.5 Å². The van der Waals surface area contributed by atoms with E-state index in [9.17, 15) is 24.0 Å². The molecule has 1 heterocycles. The number of benzene rings is 2. The second-order valence-corrected chi connectivity index (χ2v) is 13.2. The molecule has 11 heteroatoms. The average molecular weight is 649 g/mol. The van der Waals surface area contributed by atoms with Crippen LogP contribution >= 0.6 is 0 Å². The molecule has 6 N–H and O–H groups in total. The van der Waals surface area contributed by atoms with Gasteiger partial charge in [-0.1, -0.05) is 88.4 Å². The topological polar surface area (TPSA) is 163 Å². The van der Waals surface area contributed by atoms with Crippen LogP contribution in [0.2, 0.25) is 0 Å². The summed E-state index contributed by atoms with van der Waals surface area (Å²) in [6.07, 6.45) is 2.17. The Balaban J connectivity index is 2.11. The molecule has 0 bridgehead atoms. The van der Waals surface area contributed by atoms with Gasteiger partial charge in [0.05, 0.1) is 0 Å². The highest BCUT2D eigenvalue weighted by molar-refractivity contribution is 5.98. The van der Waals surface area contributed by atoms with Gasteiger partial charge in [-0.25, -0.2) is 0 Å². The molecule has 1 aliphatic heterocycles. The molecule has 0 aromatic heterocycles. The Morgan fingerprint density at radius 2 is 1.09 bits per heavy atom. The van der Waals surface area contributed by atoms with Crippen molar-refractivity contribution in [2.75, 3.05) is 13.6 Å². The van der Waals surface area contributed by atoms with Gasteiger partial charge in [0, 0.05) is 19.9 Å². The summed E-state index contributed by atoms with van der Waals surface area (Å²) in [5, 5.41) is 11.5. The van der Waals surface area contributed by atoms with Crippen molar-refractivity contribution in [2.45, 2.75) is 96.4 Å². The summed E-state index contributed by atoms with van der Waals surface area (Å²) in [7, 11) is 1.55. The van der Waals surface area contributed by atoms with Crippen molar-refractivity contribution in [3.8, 4) is 0 Å². The minimum absolute atomic E-state index is 0.0374. The molecular weight excluding hydrogens is 596 g/mol. The van der Waals surface area contributed by atoms with E-state index >= 15 is 0 Å². The first-order valence-electron chi connectivity index (χ1n) is 16.7. The molecule has 5 amide bonds. The maximum Gasteiger partial charge on any atom is 0.245 e. The molecule has 5 atom stereocenters. The smallest absolute Gasteiger partial charge is 0.245 e. The molecule has 256 valence electrons. The van der Waals surface area contributed by atoms with Crippen LogP contribution in [0, 0.1) is 11.8 Å². The van der Waals surface area contributed by atoms with Gasteiger partial charge in [0.2, 0.25) is 29.5 Å². The molecule has 0 saturated carbocycles. The Bertz CT molecular complexity index is 1340. The third kappa shape index (κ3) is 11.2. The van der Waals surface area contributed by atoms with Gasteiger partial charge in [-0.05, 0) is 55.2 Å². The van der Waals surface area contributed by atoms with Gasteiger partial charge in [-0.3, -0.25) is 24.0 Å². The van der Waals surface area contributed by atoms with Crippen LogP contribution in [0.1, 0.15) is 64.5 Å². The Hall–Kier alpha value is -4.25. The van der Waals surface area contributed by atoms with Crippen LogP contribution in [0.3, 0.4) is 0 Å². The van der Waals surface area contributed by atoms with Gasteiger partial charge in [0.25, 0.3) is 0 Å². The molecule has 1 fully saturated rings. The Kier molecular flexibility index (Phi) is 14.4. The first kappa shape index (κ1) is 37.2. The molecule has 0 spiro atoms. The quantitative estimate of drug-likeness (QED) is 0.235. The number of unbranched alkanes of at least 4 members (excludes halogenated alkanes) is 1. The molecule has 1 saturated heterocycles. The lowest BCUT2D eigenvalue weighted by Gasteiger charge is -2.34. The van der Waals surface area contributed by atoms with Gasteiger partial charge in [-0.2, -0.15) is 0 Å². The third-order valence-electron chi connectivity index (χ3n) is 8.40. The summed E-state index contributed by atoms with van der Waals surface area (Å²) in [5.41, 5.74) is 7.35. The maximum atomic E-state index is 14.0. The summed E-state index contributed by atoms with van der Waals surface area (Å²) >= 11 is 0. The van der Waals surface area contributed by atoms with Gasteiger partial charge in [0.15, 0.2) is 0 Å². The Labute approximate surface area is 278 Å². The van der Waals surface area contributed by atoms with Crippen LogP contribution in [0.5, 0.6) is 0 Å². The monoisotopic (exact) mass is 648 g/mol. The lowest BCUT2D eigenvalue weighted by molar-refractivity contribution is -0.144. The van der Waals surface area contributed by atoms with E-state index < -0.39 is 59.7 Å². The highest BCUT2D eigenvalue weighted by atomic mass is 16.2. The standard InChI is InChI=1S/C36H52N6O5/c1-23(2)20-28-32(43)39-30(22-26-16-10-7-11-17-26)34(45)40-29(21-25-14-8-6-9-15-25)33(44)38-27(18-12-13-19-37)36(47)42(5)31(24(3)4)35(46)41-28/h6-11,14-17,23-24,27-31H,12-13,18-22,37H2,1-5H3,(H,38,44)(H,39,43)(H,40,45)(H,41,46)/t27-,28+,29-,30+,31+/m1/s1. The summed E-state index contributed by atoms with van der Waals surface area (Å²) in [4.78, 5) is 71.1. The molecule has 2 aromatic rings. The molecule has 3 rings (SSSR count). The Morgan fingerprint density at radius 3 is 1.53 bits per heavy atom. The molecule has 47 heavy (non-hydrogen) atoms. The molecule has 0 radical (unpaired) electrons. The van der Waals surface area contributed by atoms with Crippen molar-refractivity contribution < 1.29 is 24.0 Å².